The van der Waals surface area contributed by atoms with Gasteiger partial charge in [-0.3, -0.25) is 4.79 Å². The van der Waals surface area contributed by atoms with Gasteiger partial charge in [0, 0.05) is 42.8 Å². The van der Waals surface area contributed by atoms with Gasteiger partial charge in [0.2, 0.25) is 17.0 Å². The summed E-state index contributed by atoms with van der Waals surface area (Å²) in [5.41, 5.74) is 1.89. The summed E-state index contributed by atoms with van der Waals surface area (Å²) in [7, 11) is 0. The third kappa shape index (κ3) is 6.65. The molecule has 1 aromatic carbocycles. The number of likely N-dealkylation sites (tertiary alicyclic amines) is 1. The van der Waals surface area contributed by atoms with Gasteiger partial charge in [-0.2, -0.15) is 4.98 Å². The maximum absolute atomic E-state index is 9.81. The molecule has 1 aliphatic rings. The highest BCUT2D eigenvalue weighted by Crippen LogP contribution is 2.26. The van der Waals surface area contributed by atoms with E-state index in [2.05, 4.69) is 41.0 Å². The van der Waals surface area contributed by atoms with E-state index >= 15 is 0 Å². The Kier molecular flexibility index (Phi) is 8.67. The first-order chi connectivity index (χ1) is 15.0. The van der Waals surface area contributed by atoms with Crippen molar-refractivity contribution in [2.24, 2.45) is 0 Å². The molecule has 1 atom stereocenters. The lowest BCUT2D eigenvalue weighted by Crippen LogP contribution is -2.28. The molecule has 6 nitrogen and oxygen atoms in total. The number of hydrogen-bond acceptors (Lipinski definition) is 6. The Morgan fingerprint density at radius 3 is 2.71 bits per heavy atom. The van der Waals surface area contributed by atoms with Crippen LogP contribution in [0.5, 0.6) is 0 Å². The molecule has 3 heterocycles. The first-order valence-electron chi connectivity index (χ1n) is 11.3. The van der Waals surface area contributed by atoms with E-state index in [1.54, 1.807) is 0 Å². The van der Waals surface area contributed by atoms with Gasteiger partial charge >= 0.3 is 0 Å². The van der Waals surface area contributed by atoms with Gasteiger partial charge in [0.1, 0.15) is 11.3 Å². The normalized spacial score (nSPS) is 16.5. The van der Waals surface area contributed by atoms with E-state index in [1.807, 2.05) is 19.1 Å². The van der Waals surface area contributed by atoms with Gasteiger partial charge < -0.3 is 13.8 Å². The van der Waals surface area contributed by atoms with Crippen molar-refractivity contribution in [1.82, 2.24) is 15.0 Å². The van der Waals surface area contributed by atoms with Gasteiger partial charge in [0.05, 0.1) is 0 Å². The van der Waals surface area contributed by atoms with Gasteiger partial charge in [-0.25, -0.2) is 0 Å². The largest absolute Gasteiger partial charge is 0.461 e. The lowest BCUT2D eigenvalue weighted by atomic mass is 10.1. The van der Waals surface area contributed by atoms with Crippen LogP contribution in [0.1, 0.15) is 64.5 Å². The Morgan fingerprint density at radius 1 is 1.23 bits per heavy atom. The summed E-state index contributed by atoms with van der Waals surface area (Å²) in [5, 5.41) is 4.95. The standard InChI is InChI=1S/C20H25N3O2.C4H7ClO/c1-3-5-19-21-20(22-25-19)15-7-8-18-16(12-15)13-17(24-18)9-11-23-10-4-6-14(23)2;1-2-3-4(5)6/h7-8,12-14H,3-6,9-11H2,1-2H3;2-3H2,1H3/t14-;/m1./s1. The van der Waals surface area contributed by atoms with Crippen LogP contribution >= 0.6 is 11.6 Å². The molecule has 3 aromatic rings. The van der Waals surface area contributed by atoms with Crippen molar-refractivity contribution in [3.63, 3.8) is 0 Å². The minimum absolute atomic E-state index is 0.238. The molecule has 1 saturated heterocycles. The number of carbonyl (C=O) groups excluding carboxylic acids is 1. The molecule has 0 bridgehead atoms. The predicted molar refractivity (Wildman–Crippen MR) is 123 cm³/mol. The van der Waals surface area contributed by atoms with Crippen LogP contribution in [0.2, 0.25) is 0 Å². The van der Waals surface area contributed by atoms with Crippen LogP contribution in [0.15, 0.2) is 33.2 Å². The lowest BCUT2D eigenvalue weighted by molar-refractivity contribution is -0.111. The molecule has 0 aliphatic carbocycles. The summed E-state index contributed by atoms with van der Waals surface area (Å²) in [4.78, 5) is 16.8. The molecule has 1 fully saturated rings. The molecular weight excluding hydrogens is 414 g/mol. The molecule has 4 rings (SSSR count). The Balaban J connectivity index is 0.000000401. The van der Waals surface area contributed by atoms with E-state index in [-0.39, 0.29) is 5.24 Å². The van der Waals surface area contributed by atoms with Crippen LogP contribution in [0, 0.1) is 0 Å². The number of halogens is 1. The molecule has 7 heteroatoms. The molecule has 0 amide bonds. The van der Waals surface area contributed by atoms with E-state index in [0.29, 0.717) is 24.2 Å². The zero-order valence-electron chi connectivity index (χ0n) is 18.7. The van der Waals surface area contributed by atoms with E-state index in [4.69, 9.17) is 20.5 Å². The fourth-order valence-corrected chi connectivity index (χ4v) is 4.01. The fourth-order valence-electron chi connectivity index (χ4n) is 3.82. The second-order valence-electron chi connectivity index (χ2n) is 8.11. The topological polar surface area (TPSA) is 72.4 Å². The maximum atomic E-state index is 9.81. The zero-order chi connectivity index (χ0) is 22.2. The van der Waals surface area contributed by atoms with E-state index in [9.17, 15) is 4.79 Å². The van der Waals surface area contributed by atoms with E-state index in [0.717, 1.165) is 54.5 Å². The summed E-state index contributed by atoms with van der Waals surface area (Å²) in [6.45, 7) is 8.62. The number of rotatable bonds is 8. The van der Waals surface area contributed by atoms with Gasteiger partial charge in [-0.05, 0) is 75.0 Å². The van der Waals surface area contributed by atoms with Crippen molar-refractivity contribution in [1.29, 1.82) is 0 Å². The second kappa shape index (κ2) is 11.4. The summed E-state index contributed by atoms with van der Waals surface area (Å²) >= 11 is 4.94. The van der Waals surface area contributed by atoms with Crippen molar-refractivity contribution in [2.75, 3.05) is 13.1 Å². The van der Waals surface area contributed by atoms with E-state index < -0.39 is 0 Å². The van der Waals surface area contributed by atoms with Gasteiger partial charge in [-0.15, -0.1) is 0 Å². The van der Waals surface area contributed by atoms with Crippen molar-refractivity contribution < 1.29 is 13.7 Å². The number of aryl methyl sites for hydroxylation is 1. The molecular formula is C24H32ClN3O3. The predicted octanol–water partition coefficient (Wildman–Crippen LogP) is 6.01. The zero-order valence-corrected chi connectivity index (χ0v) is 19.5. The Labute approximate surface area is 188 Å². The number of nitrogens with zero attached hydrogens (tertiary/aromatic N) is 3. The number of carbonyl (C=O) groups is 1. The molecule has 2 aromatic heterocycles. The van der Waals surface area contributed by atoms with Crippen molar-refractivity contribution in [2.45, 2.75) is 71.8 Å². The number of furan rings is 1. The fraction of sp³-hybridized carbons (Fsp3) is 0.542. The molecule has 0 N–H and O–H groups in total. The van der Waals surface area contributed by atoms with Crippen molar-refractivity contribution in [3.8, 4) is 11.4 Å². The minimum Gasteiger partial charge on any atom is -0.461 e. The number of aromatic nitrogens is 2. The molecule has 0 unspecified atom stereocenters. The van der Waals surface area contributed by atoms with Crippen LogP contribution < -0.4 is 0 Å². The highest BCUT2D eigenvalue weighted by atomic mass is 35.5. The Bertz CT molecular complexity index is 982. The molecule has 0 radical (unpaired) electrons. The minimum atomic E-state index is -0.238. The smallest absolute Gasteiger partial charge is 0.226 e. The highest BCUT2D eigenvalue weighted by molar-refractivity contribution is 6.63. The van der Waals surface area contributed by atoms with Crippen LogP contribution in [-0.4, -0.2) is 39.4 Å². The van der Waals surface area contributed by atoms with E-state index in [1.165, 1.54) is 19.4 Å². The average molecular weight is 446 g/mol. The first kappa shape index (κ1) is 23.5. The van der Waals surface area contributed by atoms with Crippen molar-refractivity contribution in [3.05, 3.63) is 35.9 Å². The first-order valence-corrected chi connectivity index (χ1v) is 11.7. The van der Waals surface area contributed by atoms with Crippen molar-refractivity contribution >= 4 is 27.8 Å². The highest BCUT2D eigenvalue weighted by Gasteiger charge is 2.20. The summed E-state index contributed by atoms with van der Waals surface area (Å²) in [6.07, 6.45) is 6.76. The van der Waals surface area contributed by atoms with Gasteiger partial charge in [0.15, 0.2) is 0 Å². The summed E-state index contributed by atoms with van der Waals surface area (Å²) in [6, 6.07) is 8.93. The number of fused-ring (bicyclic) bond motifs is 1. The average Bonchev–Trinajstić information content (AvgIpc) is 3.46. The summed E-state index contributed by atoms with van der Waals surface area (Å²) < 4.78 is 11.3. The van der Waals surface area contributed by atoms with Gasteiger partial charge in [-0.1, -0.05) is 19.0 Å². The Hall–Kier alpha value is -2.18. The molecule has 31 heavy (non-hydrogen) atoms. The van der Waals surface area contributed by atoms with Crippen LogP contribution in [0.4, 0.5) is 0 Å². The summed E-state index contributed by atoms with van der Waals surface area (Å²) in [5.74, 6) is 2.40. The molecule has 0 spiro atoms. The Morgan fingerprint density at radius 2 is 2.06 bits per heavy atom. The SMILES string of the molecule is CCCC(=O)Cl.CCCc1nc(-c2ccc3oc(CCN4CCC[C@H]4C)cc3c2)no1. The monoisotopic (exact) mass is 445 g/mol. The second-order valence-corrected chi connectivity index (χ2v) is 8.53. The van der Waals surface area contributed by atoms with Crippen LogP contribution in [0.25, 0.3) is 22.4 Å². The molecule has 0 saturated carbocycles. The van der Waals surface area contributed by atoms with Crippen LogP contribution in [0.3, 0.4) is 0 Å². The van der Waals surface area contributed by atoms with Gasteiger partial charge in [0.25, 0.3) is 0 Å². The third-order valence-electron chi connectivity index (χ3n) is 5.54. The third-order valence-corrected chi connectivity index (χ3v) is 5.73. The quantitative estimate of drug-likeness (QED) is 0.395. The van der Waals surface area contributed by atoms with Crippen LogP contribution in [-0.2, 0) is 17.6 Å². The molecule has 168 valence electrons. The number of hydrogen-bond donors (Lipinski definition) is 0. The maximum Gasteiger partial charge on any atom is 0.226 e. The number of benzene rings is 1. The lowest BCUT2D eigenvalue weighted by Gasteiger charge is -2.19. The molecule has 1 aliphatic heterocycles.